The summed E-state index contributed by atoms with van der Waals surface area (Å²) in [4.78, 5) is 0. The topological polar surface area (TPSA) is 21.3 Å². The van der Waals surface area contributed by atoms with Crippen LogP contribution in [-0.2, 0) is 4.43 Å². The number of fused-ring (bicyclic) bond motifs is 1. The van der Waals surface area contributed by atoms with Gasteiger partial charge in [-0.3, -0.25) is 0 Å². The third-order valence-electron chi connectivity index (χ3n) is 4.41. The minimum absolute atomic E-state index is 0.278. The van der Waals surface area contributed by atoms with E-state index in [-0.39, 0.29) is 6.10 Å². The molecule has 0 saturated heterocycles. The molecule has 4 heteroatoms. The van der Waals surface area contributed by atoms with E-state index in [4.69, 9.17) is 4.43 Å². The molecule has 0 bridgehead atoms. The van der Waals surface area contributed by atoms with Crippen molar-refractivity contribution < 1.29 is 4.43 Å². The zero-order valence-corrected chi connectivity index (χ0v) is 14.7. The summed E-state index contributed by atoms with van der Waals surface area (Å²) in [6.45, 7) is 7.90. The number of hydrogen-bond donors (Lipinski definition) is 1. The lowest BCUT2D eigenvalue weighted by atomic mass is 10.0. The Kier molecular flexibility index (Phi) is 5.09. The van der Waals surface area contributed by atoms with Crippen LogP contribution in [0.3, 0.4) is 0 Å². The molecule has 0 fully saturated rings. The van der Waals surface area contributed by atoms with Crippen molar-refractivity contribution in [2.45, 2.75) is 51.4 Å². The fourth-order valence-electron chi connectivity index (χ4n) is 2.88. The molecule has 1 unspecified atom stereocenters. The number of hydrogen-bond acceptors (Lipinski definition) is 2. The second kappa shape index (κ2) is 6.42. The third kappa shape index (κ3) is 3.23. The summed E-state index contributed by atoms with van der Waals surface area (Å²) in [6, 6.07) is 10.1. The molecule has 1 atom stereocenters. The van der Waals surface area contributed by atoms with Crippen LogP contribution in [0.5, 0.6) is 0 Å². The van der Waals surface area contributed by atoms with Gasteiger partial charge in [-0.05, 0) is 42.8 Å². The third-order valence-corrected chi connectivity index (χ3v) is 9.55. The monoisotopic (exact) mass is 341 g/mol. The van der Waals surface area contributed by atoms with Gasteiger partial charge in [0.1, 0.15) is 0 Å². The van der Waals surface area contributed by atoms with Gasteiger partial charge >= 0.3 is 0 Å². The molecule has 1 aromatic rings. The molecule has 0 spiro atoms. The van der Waals surface area contributed by atoms with E-state index in [1.807, 2.05) is 0 Å². The number of nitrogens with one attached hydrogen (secondary N) is 1. The molecule has 0 saturated carbocycles. The fourth-order valence-corrected chi connectivity index (χ4v) is 6.11. The molecule has 1 aliphatic rings. The zero-order valence-electron chi connectivity index (χ0n) is 12.1. The van der Waals surface area contributed by atoms with E-state index in [2.05, 4.69) is 60.2 Å². The van der Waals surface area contributed by atoms with Crippen LogP contribution in [0.15, 0.2) is 22.7 Å². The number of rotatable bonds is 5. The molecule has 0 amide bonds. The van der Waals surface area contributed by atoms with E-state index < -0.39 is 8.32 Å². The normalized spacial score (nSPS) is 18.8. The van der Waals surface area contributed by atoms with Gasteiger partial charge in [-0.2, -0.15) is 0 Å². The Hall–Kier alpha value is -0.323. The predicted octanol–water partition coefficient (Wildman–Crippen LogP) is 5.33. The van der Waals surface area contributed by atoms with E-state index in [0.717, 1.165) is 17.4 Å². The maximum Gasteiger partial charge on any atom is 0.192 e. The molecule has 19 heavy (non-hydrogen) atoms. The molecule has 1 heterocycles. The van der Waals surface area contributed by atoms with Crippen LogP contribution >= 0.6 is 15.9 Å². The fraction of sp³-hybridized carbons (Fsp3) is 0.600. The van der Waals surface area contributed by atoms with E-state index in [1.165, 1.54) is 29.4 Å². The number of halogens is 1. The van der Waals surface area contributed by atoms with Crippen molar-refractivity contribution in [2.24, 2.45) is 0 Å². The van der Waals surface area contributed by atoms with Gasteiger partial charge in [0.15, 0.2) is 8.32 Å². The van der Waals surface area contributed by atoms with Crippen LogP contribution in [0, 0.1) is 0 Å². The van der Waals surface area contributed by atoms with Crippen molar-refractivity contribution in [1.82, 2.24) is 0 Å². The first-order chi connectivity index (χ1) is 9.14. The van der Waals surface area contributed by atoms with Crippen LogP contribution in [0.4, 0.5) is 5.69 Å². The van der Waals surface area contributed by atoms with Gasteiger partial charge < -0.3 is 9.74 Å². The van der Waals surface area contributed by atoms with Gasteiger partial charge in [-0.25, -0.2) is 0 Å². The molecule has 1 N–H and O–H groups in total. The molecule has 1 aliphatic heterocycles. The SMILES string of the molecule is CC[Si](CC)(CC)OC1CCNc2ccc(Br)cc21. The lowest BCUT2D eigenvalue weighted by Crippen LogP contribution is -2.38. The van der Waals surface area contributed by atoms with E-state index in [0.29, 0.717) is 0 Å². The van der Waals surface area contributed by atoms with Crippen LogP contribution in [0.25, 0.3) is 0 Å². The summed E-state index contributed by atoms with van der Waals surface area (Å²) in [6.07, 6.45) is 1.36. The Morgan fingerprint density at radius 2 is 1.95 bits per heavy atom. The second-order valence-corrected chi connectivity index (χ2v) is 10.9. The summed E-state index contributed by atoms with van der Waals surface area (Å²) < 4.78 is 7.83. The van der Waals surface area contributed by atoms with Crippen molar-refractivity contribution in [2.75, 3.05) is 11.9 Å². The highest BCUT2D eigenvalue weighted by atomic mass is 79.9. The summed E-state index contributed by atoms with van der Waals surface area (Å²) in [5, 5.41) is 3.47. The highest BCUT2D eigenvalue weighted by molar-refractivity contribution is 9.10. The Bertz CT molecular complexity index is 426. The van der Waals surface area contributed by atoms with Gasteiger partial charge in [-0.1, -0.05) is 36.7 Å². The lowest BCUT2D eigenvalue weighted by molar-refractivity contribution is 0.180. The molecular weight excluding hydrogens is 318 g/mol. The molecule has 0 radical (unpaired) electrons. The minimum atomic E-state index is -1.53. The van der Waals surface area contributed by atoms with E-state index in [9.17, 15) is 0 Å². The Morgan fingerprint density at radius 1 is 1.26 bits per heavy atom. The summed E-state index contributed by atoms with van der Waals surface area (Å²) >= 11 is 3.58. The van der Waals surface area contributed by atoms with E-state index in [1.54, 1.807) is 0 Å². The van der Waals surface area contributed by atoms with Crippen LogP contribution < -0.4 is 5.32 Å². The van der Waals surface area contributed by atoms with Crippen molar-refractivity contribution in [3.8, 4) is 0 Å². The highest BCUT2D eigenvalue weighted by Gasteiger charge is 2.34. The van der Waals surface area contributed by atoms with E-state index >= 15 is 0 Å². The molecular formula is C15H24BrNOSi. The van der Waals surface area contributed by atoms with Gasteiger partial charge in [-0.15, -0.1) is 0 Å². The average molecular weight is 342 g/mol. The van der Waals surface area contributed by atoms with Crippen molar-refractivity contribution in [3.05, 3.63) is 28.2 Å². The first-order valence-electron chi connectivity index (χ1n) is 7.35. The van der Waals surface area contributed by atoms with Crippen molar-refractivity contribution in [1.29, 1.82) is 0 Å². The van der Waals surface area contributed by atoms with Crippen LogP contribution in [0.1, 0.15) is 38.9 Å². The van der Waals surface area contributed by atoms with Crippen molar-refractivity contribution >= 4 is 29.9 Å². The van der Waals surface area contributed by atoms with Gasteiger partial charge in [0.05, 0.1) is 6.10 Å². The largest absolute Gasteiger partial charge is 0.410 e. The summed E-state index contributed by atoms with van der Waals surface area (Å²) in [5.74, 6) is 0. The summed E-state index contributed by atoms with van der Waals surface area (Å²) in [7, 11) is -1.53. The smallest absolute Gasteiger partial charge is 0.192 e. The quantitative estimate of drug-likeness (QED) is 0.731. The van der Waals surface area contributed by atoms with Crippen LogP contribution in [-0.4, -0.2) is 14.9 Å². The van der Waals surface area contributed by atoms with Crippen molar-refractivity contribution in [3.63, 3.8) is 0 Å². The second-order valence-electron chi connectivity index (χ2n) is 5.30. The highest BCUT2D eigenvalue weighted by Crippen LogP contribution is 2.38. The molecule has 2 rings (SSSR count). The molecule has 2 nitrogen and oxygen atoms in total. The molecule has 0 aliphatic carbocycles. The average Bonchev–Trinajstić information content (AvgIpc) is 2.45. The number of benzene rings is 1. The maximum atomic E-state index is 6.69. The Balaban J connectivity index is 2.26. The molecule has 1 aromatic carbocycles. The van der Waals surface area contributed by atoms with Gasteiger partial charge in [0.2, 0.25) is 0 Å². The Labute approximate surface area is 126 Å². The first kappa shape index (κ1) is 15.1. The Morgan fingerprint density at radius 3 is 2.58 bits per heavy atom. The lowest BCUT2D eigenvalue weighted by Gasteiger charge is -2.36. The van der Waals surface area contributed by atoms with Gasteiger partial charge in [0.25, 0.3) is 0 Å². The summed E-state index contributed by atoms with van der Waals surface area (Å²) in [5.41, 5.74) is 2.57. The van der Waals surface area contributed by atoms with Gasteiger partial charge in [0, 0.05) is 22.3 Å². The zero-order chi connectivity index (χ0) is 13.9. The predicted molar refractivity (Wildman–Crippen MR) is 88.3 cm³/mol. The minimum Gasteiger partial charge on any atom is -0.410 e. The van der Waals surface area contributed by atoms with Crippen LogP contribution in [0.2, 0.25) is 18.1 Å². The molecule has 106 valence electrons. The number of anilines is 1. The first-order valence-corrected chi connectivity index (χ1v) is 10.7. The standard InChI is InChI=1S/C15H24BrNOSi/c1-4-19(5-2,6-3)18-15-9-10-17-14-8-7-12(16)11-13(14)15/h7-8,11,15,17H,4-6,9-10H2,1-3H3. The maximum absolute atomic E-state index is 6.69. The molecule has 0 aromatic heterocycles.